The maximum absolute atomic E-state index is 12.4. The van der Waals surface area contributed by atoms with E-state index in [-0.39, 0.29) is 42.2 Å². The minimum atomic E-state index is -0.280. The van der Waals surface area contributed by atoms with E-state index in [1.807, 2.05) is 0 Å². The monoisotopic (exact) mass is 327 g/mol. The summed E-state index contributed by atoms with van der Waals surface area (Å²) in [7, 11) is 0. The second kappa shape index (κ2) is 10.7. The molecular formula is C14H31Cl2N3O. The molecule has 0 heterocycles. The topological polar surface area (TPSA) is 58.4 Å². The summed E-state index contributed by atoms with van der Waals surface area (Å²) < 4.78 is 0. The third kappa shape index (κ3) is 5.76. The van der Waals surface area contributed by atoms with Crippen molar-refractivity contribution in [3.63, 3.8) is 0 Å². The van der Waals surface area contributed by atoms with Gasteiger partial charge in [-0.15, -0.1) is 24.8 Å². The number of hydrogen-bond donors (Lipinski definition) is 2. The van der Waals surface area contributed by atoms with Gasteiger partial charge in [0.1, 0.15) is 0 Å². The molecular weight excluding hydrogens is 297 g/mol. The van der Waals surface area contributed by atoms with Crippen LogP contribution in [-0.2, 0) is 4.79 Å². The lowest BCUT2D eigenvalue weighted by Crippen LogP contribution is -2.50. The number of hydrogen-bond acceptors (Lipinski definition) is 3. The summed E-state index contributed by atoms with van der Waals surface area (Å²) in [5, 5.41) is 3.15. The van der Waals surface area contributed by atoms with E-state index in [4.69, 9.17) is 5.73 Å². The van der Waals surface area contributed by atoms with Crippen LogP contribution in [0.4, 0.5) is 0 Å². The van der Waals surface area contributed by atoms with Crippen LogP contribution in [0.25, 0.3) is 0 Å². The first-order valence-electron chi connectivity index (χ1n) is 7.31. The molecule has 1 atom stereocenters. The lowest BCUT2D eigenvalue weighted by molar-refractivity contribution is -0.131. The number of nitrogens with one attached hydrogen (secondary N) is 1. The SMILES string of the molecule is CCN(CC)CC(C)NC(=O)C1(CN)CCCC1.Cl.Cl. The molecule has 0 bridgehead atoms. The van der Waals surface area contributed by atoms with Crippen LogP contribution in [0.15, 0.2) is 0 Å². The molecule has 1 aliphatic carbocycles. The van der Waals surface area contributed by atoms with Crippen LogP contribution in [0.3, 0.4) is 0 Å². The van der Waals surface area contributed by atoms with Crippen LogP contribution >= 0.6 is 24.8 Å². The molecule has 4 nitrogen and oxygen atoms in total. The minimum absolute atomic E-state index is 0. The number of carbonyl (C=O) groups excluding carboxylic acids is 1. The van der Waals surface area contributed by atoms with Gasteiger partial charge in [-0.05, 0) is 32.9 Å². The Balaban J connectivity index is 0. The maximum Gasteiger partial charge on any atom is 0.227 e. The molecule has 0 saturated heterocycles. The number of nitrogens with two attached hydrogens (primary N) is 1. The Hall–Kier alpha value is -0.0300. The highest BCUT2D eigenvalue weighted by Gasteiger charge is 2.40. The number of halogens is 2. The van der Waals surface area contributed by atoms with Crippen molar-refractivity contribution in [2.45, 2.75) is 52.5 Å². The molecule has 0 aromatic rings. The molecule has 20 heavy (non-hydrogen) atoms. The van der Waals surface area contributed by atoms with E-state index in [9.17, 15) is 4.79 Å². The zero-order chi connectivity index (χ0) is 13.6. The summed E-state index contributed by atoms with van der Waals surface area (Å²) in [5.74, 6) is 0.169. The van der Waals surface area contributed by atoms with Crippen molar-refractivity contribution in [1.29, 1.82) is 0 Å². The quantitative estimate of drug-likeness (QED) is 0.753. The fourth-order valence-corrected chi connectivity index (χ4v) is 2.87. The van der Waals surface area contributed by atoms with Gasteiger partial charge in [-0.3, -0.25) is 4.79 Å². The Bertz CT molecular complexity index is 267. The molecule has 0 spiro atoms. The van der Waals surface area contributed by atoms with Gasteiger partial charge in [-0.1, -0.05) is 26.7 Å². The van der Waals surface area contributed by atoms with Gasteiger partial charge < -0.3 is 16.0 Å². The van der Waals surface area contributed by atoms with Crippen LogP contribution in [-0.4, -0.2) is 43.0 Å². The van der Waals surface area contributed by atoms with Crippen molar-refractivity contribution in [1.82, 2.24) is 10.2 Å². The highest BCUT2D eigenvalue weighted by molar-refractivity contribution is 5.85. The van der Waals surface area contributed by atoms with Crippen molar-refractivity contribution < 1.29 is 4.79 Å². The summed E-state index contributed by atoms with van der Waals surface area (Å²) >= 11 is 0. The van der Waals surface area contributed by atoms with Gasteiger partial charge in [0.15, 0.2) is 0 Å². The summed E-state index contributed by atoms with van der Waals surface area (Å²) in [6.45, 7) is 9.83. The Labute approximate surface area is 136 Å². The van der Waals surface area contributed by atoms with E-state index in [0.717, 1.165) is 45.3 Å². The highest BCUT2D eigenvalue weighted by atomic mass is 35.5. The third-order valence-corrected chi connectivity index (χ3v) is 4.24. The normalized spacial score (nSPS) is 18.1. The van der Waals surface area contributed by atoms with Crippen LogP contribution in [0, 0.1) is 5.41 Å². The van der Waals surface area contributed by atoms with Crippen LogP contribution in [0.2, 0.25) is 0 Å². The van der Waals surface area contributed by atoms with E-state index in [0.29, 0.717) is 6.54 Å². The average molecular weight is 328 g/mol. The summed E-state index contributed by atoms with van der Waals surface area (Å²) in [6.07, 6.45) is 4.17. The van der Waals surface area contributed by atoms with E-state index in [1.54, 1.807) is 0 Å². The van der Waals surface area contributed by atoms with Gasteiger partial charge in [0.2, 0.25) is 5.91 Å². The molecule has 1 amide bonds. The largest absolute Gasteiger partial charge is 0.352 e. The van der Waals surface area contributed by atoms with E-state index in [1.165, 1.54) is 0 Å². The maximum atomic E-state index is 12.4. The van der Waals surface area contributed by atoms with E-state index >= 15 is 0 Å². The van der Waals surface area contributed by atoms with Crippen molar-refractivity contribution >= 4 is 30.7 Å². The predicted molar refractivity (Wildman–Crippen MR) is 89.8 cm³/mol. The van der Waals surface area contributed by atoms with Crippen molar-refractivity contribution in [2.75, 3.05) is 26.2 Å². The van der Waals surface area contributed by atoms with Gasteiger partial charge in [-0.2, -0.15) is 0 Å². The zero-order valence-corrected chi connectivity index (χ0v) is 14.6. The van der Waals surface area contributed by atoms with Gasteiger partial charge in [0.05, 0.1) is 5.41 Å². The van der Waals surface area contributed by atoms with E-state index < -0.39 is 0 Å². The Morgan fingerprint density at radius 2 is 1.75 bits per heavy atom. The molecule has 0 aromatic carbocycles. The second-order valence-corrected chi connectivity index (χ2v) is 5.55. The third-order valence-electron chi connectivity index (χ3n) is 4.24. The van der Waals surface area contributed by atoms with Crippen LogP contribution in [0.1, 0.15) is 46.5 Å². The van der Waals surface area contributed by atoms with Crippen LogP contribution < -0.4 is 11.1 Å². The number of nitrogens with zero attached hydrogens (tertiary/aromatic N) is 1. The lowest BCUT2D eigenvalue weighted by atomic mass is 9.85. The number of carbonyl (C=O) groups is 1. The Morgan fingerprint density at radius 1 is 1.25 bits per heavy atom. The van der Waals surface area contributed by atoms with E-state index in [2.05, 4.69) is 31.0 Å². The molecule has 3 N–H and O–H groups in total. The molecule has 1 aliphatic rings. The Morgan fingerprint density at radius 3 is 2.15 bits per heavy atom. The fourth-order valence-electron chi connectivity index (χ4n) is 2.87. The van der Waals surface area contributed by atoms with Crippen molar-refractivity contribution in [2.24, 2.45) is 11.1 Å². The first-order valence-corrected chi connectivity index (χ1v) is 7.31. The first kappa shape index (κ1) is 22.3. The second-order valence-electron chi connectivity index (χ2n) is 5.55. The Kier molecular flexibility index (Phi) is 11.9. The molecule has 0 aromatic heterocycles. The molecule has 1 rings (SSSR count). The number of amides is 1. The molecule has 1 unspecified atom stereocenters. The van der Waals surface area contributed by atoms with Gasteiger partial charge >= 0.3 is 0 Å². The lowest BCUT2D eigenvalue weighted by Gasteiger charge is -2.30. The molecule has 6 heteroatoms. The summed E-state index contributed by atoms with van der Waals surface area (Å²) in [5.41, 5.74) is 5.55. The zero-order valence-electron chi connectivity index (χ0n) is 13.0. The van der Waals surface area contributed by atoms with Gasteiger partial charge in [0, 0.05) is 19.1 Å². The molecule has 1 saturated carbocycles. The number of rotatable bonds is 7. The van der Waals surface area contributed by atoms with Gasteiger partial charge in [-0.25, -0.2) is 0 Å². The average Bonchev–Trinajstić information content (AvgIpc) is 2.85. The molecule has 0 aliphatic heterocycles. The smallest absolute Gasteiger partial charge is 0.227 e. The van der Waals surface area contributed by atoms with Crippen molar-refractivity contribution in [3.8, 4) is 0 Å². The van der Waals surface area contributed by atoms with Crippen molar-refractivity contribution in [3.05, 3.63) is 0 Å². The molecule has 0 radical (unpaired) electrons. The molecule has 122 valence electrons. The van der Waals surface area contributed by atoms with Gasteiger partial charge in [0.25, 0.3) is 0 Å². The summed E-state index contributed by atoms with van der Waals surface area (Å²) in [4.78, 5) is 14.7. The standard InChI is InChI=1S/C14H29N3O.2ClH/c1-4-17(5-2)10-12(3)16-13(18)14(11-15)8-6-7-9-14;;/h12H,4-11,15H2,1-3H3,(H,16,18);2*1H. The number of likely N-dealkylation sites (N-methyl/N-ethyl adjacent to an activating group) is 1. The molecule has 1 fully saturated rings. The van der Waals surface area contributed by atoms with Crippen LogP contribution in [0.5, 0.6) is 0 Å². The predicted octanol–water partition coefficient (Wildman–Crippen LogP) is 2.20. The fraction of sp³-hybridized carbons (Fsp3) is 0.929. The minimum Gasteiger partial charge on any atom is -0.352 e. The highest BCUT2D eigenvalue weighted by Crippen LogP contribution is 2.37. The first-order chi connectivity index (χ1) is 8.57. The summed E-state index contributed by atoms with van der Waals surface area (Å²) in [6, 6.07) is 0.196.